The summed E-state index contributed by atoms with van der Waals surface area (Å²) < 4.78 is 4.69. The van der Waals surface area contributed by atoms with Crippen molar-refractivity contribution in [1.29, 1.82) is 0 Å². The first kappa shape index (κ1) is 13.4. The van der Waals surface area contributed by atoms with Crippen LogP contribution in [0.15, 0.2) is 10.2 Å². The molecule has 0 fully saturated rings. The molecule has 2 N–H and O–H groups in total. The Bertz CT molecular complexity index is 438. The molecule has 1 heterocycles. The summed E-state index contributed by atoms with van der Waals surface area (Å²) in [6, 6.07) is 0. The number of rotatable bonds is 6. The molecular formula is C10H14N2O4S. The number of thiazole rings is 1. The summed E-state index contributed by atoms with van der Waals surface area (Å²) in [5, 5.41) is 4.25. The second kappa shape index (κ2) is 6.85. The van der Waals surface area contributed by atoms with E-state index in [4.69, 9.17) is 4.74 Å². The monoisotopic (exact) mass is 258 g/mol. The first-order chi connectivity index (χ1) is 8.11. The highest BCUT2D eigenvalue weighted by molar-refractivity contribution is 7.07. The Morgan fingerprint density at radius 1 is 1.47 bits per heavy atom. The van der Waals surface area contributed by atoms with Crippen molar-refractivity contribution >= 4 is 23.2 Å². The summed E-state index contributed by atoms with van der Waals surface area (Å²) in [6.07, 6.45) is 0.160. The van der Waals surface area contributed by atoms with Gasteiger partial charge in [0.05, 0.1) is 19.6 Å². The second-order valence-corrected chi connectivity index (χ2v) is 4.10. The van der Waals surface area contributed by atoms with Gasteiger partial charge in [-0.2, -0.15) is 0 Å². The quantitative estimate of drug-likeness (QED) is 0.723. The van der Waals surface area contributed by atoms with Crippen LogP contribution in [0.5, 0.6) is 0 Å². The molecule has 0 aliphatic rings. The van der Waals surface area contributed by atoms with Gasteiger partial charge in [0.2, 0.25) is 5.91 Å². The van der Waals surface area contributed by atoms with Crippen LogP contribution in [0.1, 0.15) is 25.5 Å². The lowest BCUT2D eigenvalue weighted by Crippen LogP contribution is -2.24. The standard InChI is InChI=1S/C10H14N2O4S/c1-2-16-9(14)4-3-8(13)11-5-7-6-17-10(15)12-7/h6H,2-5H2,1H3,(H,11,13)(H,12,15). The average Bonchev–Trinajstić information content (AvgIpc) is 2.70. The summed E-state index contributed by atoms with van der Waals surface area (Å²) in [7, 11) is 0. The SMILES string of the molecule is CCOC(=O)CCC(=O)NCc1csc(=O)[nH]1. The van der Waals surface area contributed by atoms with Crippen LogP contribution in [0.4, 0.5) is 0 Å². The number of hydrogen-bond acceptors (Lipinski definition) is 5. The number of ether oxygens (including phenoxy) is 1. The predicted octanol–water partition coefficient (Wildman–Crippen LogP) is 0.396. The summed E-state index contributed by atoms with van der Waals surface area (Å²) in [6.45, 7) is 2.29. The first-order valence-electron chi connectivity index (χ1n) is 5.20. The van der Waals surface area contributed by atoms with Gasteiger partial charge in [0.25, 0.3) is 0 Å². The molecule has 7 heteroatoms. The zero-order chi connectivity index (χ0) is 12.7. The third-order valence-corrected chi connectivity index (χ3v) is 2.63. The maximum absolute atomic E-state index is 11.3. The van der Waals surface area contributed by atoms with E-state index in [1.807, 2.05) is 0 Å². The highest BCUT2D eigenvalue weighted by Crippen LogP contribution is 1.97. The van der Waals surface area contributed by atoms with Crippen LogP contribution < -0.4 is 10.2 Å². The number of nitrogens with one attached hydrogen (secondary N) is 2. The van der Waals surface area contributed by atoms with Gasteiger partial charge in [-0.15, -0.1) is 0 Å². The van der Waals surface area contributed by atoms with Gasteiger partial charge in [-0.3, -0.25) is 14.4 Å². The average molecular weight is 258 g/mol. The van der Waals surface area contributed by atoms with Crippen molar-refractivity contribution < 1.29 is 14.3 Å². The predicted molar refractivity (Wildman–Crippen MR) is 62.7 cm³/mol. The Kier molecular flexibility index (Phi) is 5.41. The lowest BCUT2D eigenvalue weighted by molar-refractivity contribution is -0.144. The smallest absolute Gasteiger partial charge is 0.306 e. The summed E-state index contributed by atoms with van der Waals surface area (Å²) in [5.74, 6) is -0.628. The third-order valence-electron chi connectivity index (χ3n) is 1.91. The summed E-state index contributed by atoms with van der Waals surface area (Å²) in [5.41, 5.74) is 0.657. The van der Waals surface area contributed by atoms with E-state index >= 15 is 0 Å². The van der Waals surface area contributed by atoms with E-state index in [1.165, 1.54) is 0 Å². The number of esters is 1. The summed E-state index contributed by atoms with van der Waals surface area (Å²) >= 11 is 1.04. The van der Waals surface area contributed by atoms with Crippen molar-refractivity contribution in [2.75, 3.05) is 6.61 Å². The first-order valence-corrected chi connectivity index (χ1v) is 6.08. The molecule has 0 radical (unpaired) electrons. The van der Waals surface area contributed by atoms with Crippen molar-refractivity contribution in [3.63, 3.8) is 0 Å². The Morgan fingerprint density at radius 2 is 2.24 bits per heavy atom. The van der Waals surface area contributed by atoms with Crippen LogP contribution in [0.2, 0.25) is 0 Å². The zero-order valence-electron chi connectivity index (χ0n) is 9.45. The maximum Gasteiger partial charge on any atom is 0.306 e. The molecule has 0 spiro atoms. The van der Waals surface area contributed by atoms with Crippen LogP contribution in [0, 0.1) is 0 Å². The molecule has 0 aromatic carbocycles. The van der Waals surface area contributed by atoms with E-state index in [1.54, 1.807) is 12.3 Å². The van der Waals surface area contributed by atoms with E-state index < -0.39 is 0 Å². The summed E-state index contributed by atoms with van der Waals surface area (Å²) in [4.78, 5) is 35.5. The fraction of sp³-hybridized carbons (Fsp3) is 0.500. The van der Waals surface area contributed by atoms with Crippen molar-refractivity contribution in [3.05, 3.63) is 20.7 Å². The van der Waals surface area contributed by atoms with Gasteiger partial charge >= 0.3 is 10.8 Å². The molecule has 1 amide bonds. The van der Waals surface area contributed by atoms with E-state index in [-0.39, 0.29) is 36.1 Å². The van der Waals surface area contributed by atoms with Crippen LogP contribution in [-0.4, -0.2) is 23.5 Å². The number of amides is 1. The van der Waals surface area contributed by atoms with Gasteiger partial charge in [-0.1, -0.05) is 11.3 Å². The minimum Gasteiger partial charge on any atom is -0.466 e. The second-order valence-electron chi connectivity index (χ2n) is 3.26. The number of carbonyl (C=O) groups excluding carboxylic acids is 2. The molecule has 1 aromatic rings. The fourth-order valence-corrected chi connectivity index (χ4v) is 1.71. The normalized spacial score (nSPS) is 9.94. The molecule has 6 nitrogen and oxygen atoms in total. The van der Waals surface area contributed by atoms with Crippen LogP contribution >= 0.6 is 11.3 Å². The molecule has 0 atom stereocenters. The Balaban J connectivity index is 2.21. The lowest BCUT2D eigenvalue weighted by Gasteiger charge is -2.03. The Hall–Kier alpha value is -1.63. The van der Waals surface area contributed by atoms with Crippen molar-refractivity contribution in [1.82, 2.24) is 10.3 Å². The number of carbonyl (C=O) groups is 2. The Morgan fingerprint density at radius 3 is 2.82 bits per heavy atom. The zero-order valence-corrected chi connectivity index (χ0v) is 10.3. The molecule has 1 aromatic heterocycles. The molecule has 0 unspecified atom stereocenters. The lowest BCUT2D eigenvalue weighted by atomic mass is 10.3. The van der Waals surface area contributed by atoms with E-state index in [2.05, 4.69) is 10.3 Å². The van der Waals surface area contributed by atoms with Gasteiger partial charge in [-0.05, 0) is 6.92 Å². The van der Waals surface area contributed by atoms with Gasteiger partial charge < -0.3 is 15.0 Å². The van der Waals surface area contributed by atoms with E-state index in [0.29, 0.717) is 12.3 Å². The van der Waals surface area contributed by atoms with Crippen LogP contribution in [-0.2, 0) is 20.9 Å². The molecule has 0 aliphatic carbocycles. The number of aromatic amines is 1. The maximum atomic E-state index is 11.3. The third kappa shape index (κ3) is 5.30. The van der Waals surface area contributed by atoms with Gasteiger partial charge in [0, 0.05) is 17.5 Å². The molecule has 0 aliphatic heterocycles. The van der Waals surface area contributed by atoms with E-state index in [9.17, 15) is 14.4 Å². The molecule has 17 heavy (non-hydrogen) atoms. The molecule has 94 valence electrons. The number of aromatic nitrogens is 1. The van der Waals surface area contributed by atoms with Crippen LogP contribution in [0.25, 0.3) is 0 Å². The van der Waals surface area contributed by atoms with Crippen molar-refractivity contribution in [2.24, 2.45) is 0 Å². The largest absolute Gasteiger partial charge is 0.466 e. The highest BCUT2D eigenvalue weighted by atomic mass is 32.1. The minimum absolute atomic E-state index is 0.0693. The van der Waals surface area contributed by atoms with Crippen molar-refractivity contribution in [2.45, 2.75) is 26.3 Å². The van der Waals surface area contributed by atoms with Crippen LogP contribution in [0.3, 0.4) is 0 Å². The molecule has 1 rings (SSSR count). The minimum atomic E-state index is -0.383. The molecule has 0 bridgehead atoms. The number of hydrogen-bond donors (Lipinski definition) is 2. The topological polar surface area (TPSA) is 88.3 Å². The van der Waals surface area contributed by atoms with Crippen molar-refractivity contribution in [3.8, 4) is 0 Å². The fourth-order valence-electron chi connectivity index (χ4n) is 1.13. The molecule has 0 saturated carbocycles. The Labute approximate surface area is 102 Å². The van der Waals surface area contributed by atoms with E-state index in [0.717, 1.165) is 11.3 Å². The highest BCUT2D eigenvalue weighted by Gasteiger charge is 2.07. The van der Waals surface area contributed by atoms with Gasteiger partial charge in [-0.25, -0.2) is 0 Å². The molecular weight excluding hydrogens is 244 g/mol. The van der Waals surface area contributed by atoms with Gasteiger partial charge in [0.1, 0.15) is 0 Å². The molecule has 0 saturated heterocycles. The van der Waals surface area contributed by atoms with Gasteiger partial charge in [0.15, 0.2) is 0 Å². The number of H-pyrrole nitrogens is 1.